The first-order chi connectivity index (χ1) is 7.53. The molecule has 0 atom stereocenters. The van der Waals surface area contributed by atoms with E-state index in [0.717, 1.165) is 4.31 Å². The molecule has 0 aliphatic carbocycles. The van der Waals surface area contributed by atoms with Crippen LogP contribution in [0.2, 0.25) is 0 Å². The van der Waals surface area contributed by atoms with E-state index in [4.69, 9.17) is 9.84 Å². The molecule has 0 spiro atoms. The highest BCUT2D eigenvalue weighted by Gasteiger charge is 2.20. The normalized spacial score (nSPS) is 11.2. The van der Waals surface area contributed by atoms with Crippen molar-refractivity contribution in [3.05, 3.63) is 24.3 Å². The third kappa shape index (κ3) is 2.65. The van der Waals surface area contributed by atoms with Crippen molar-refractivity contribution < 1.29 is 18.3 Å². The molecule has 0 bridgehead atoms. The van der Waals surface area contributed by atoms with Crippen molar-refractivity contribution in [3.8, 4) is 5.75 Å². The minimum absolute atomic E-state index is 0.304. The van der Waals surface area contributed by atoms with Gasteiger partial charge in [0.15, 0.2) is 0 Å². The number of sulfonamides is 1. The number of benzene rings is 1. The lowest BCUT2D eigenvalue weighted by atomic mass is 10.3. The zero-order chi connectivity index (χ0) is 12.2. The highest BCUT2D eigenvalue weighted by Crippen LogP contribution is 2.28. The maximum absolute atomic E-state index is 11.7. The number of aliphatic hydroxyl groups is 1. The fraction of sp³-hybridized carbons (Fsp3) is 0.400. The van der Waals surface area contributed by atoms with E-state index in [9.17, 15) is 8.42 Å². The number of aliphatic hydroxyl groups excluding tert-OH is 1. The molecule has 0 aliphatic rings. The first kappa shape index (κ1) is 12.8. The Balaban J connectivity index is 3.09. The van der Waals surface area contributed by atoms with E-state index in [1.165, 1.54) is 14.2 Å². The van der Waals surface area contributed by atoms with Crippen LogP contribution in [0.5, 0.6) is 5.75 Å². The quantitative estimate of drug-likeness (QED) is 0.818. The zero-order valence-electron chi connectivity index (χ0n) is 9.25. The Morgan fingerprint density at radius 2 is 2.00 bits per heavy atom. The van der Waals surface area contributed by atoms with E-state index < -0.39 is 16.6 Å². The van der Waals surface area contributed by atoms with E-state index in [0.29, 0.717) is 11.4 Å². The molecule has 0 radical (unpaired) electrons. The molecule has 0 aromatic heterocycles. The van der Waals surface area contributed by atoms with Crippen molar-refractivity contribution in [2.45, 2.75) is 0 Å². The van der Waals surface area contributed by atoms with E-state index in [2.05, 4.69) is 0 Å². The molecule has 5 nitrogen and oxygen atoms in total. The highest BCUT2D eigenvalue weighted by molar-refractivity contribution is 7.92. The molecule has 1 N–H and O–H groups in total. The predicted octanol–water partition coefficient (Wildman–Crippen LogP) is 0.454. The molecular weight excluding hydrogens is 230 g/mol. The van der Waals surface area contributed by atoms with Crippen LogP contribution in [0.1, 0.15) is 0 Å². The van der Waals surface area contributed by atoms with Gasteiger partial charge in [0.05, 0.1) is 25.2 Å². The second-order valence-corrected chi connectivity index (χ2v) is 5.30. The smallest absolute Gasteiger partial charge is 0.237 e. The molecule has 16 heavy (non-hydrogen) atoms. The largest absolute Gasteiger partial charge is 0.495 e. The number of ether oxygens (including phenoxy) is 1. The summed E-state index contributed by atoms with van der Waals surface area (Å²) < 4.78 is 29.6. The molecule has 0 fully saturated rings. The van der Waals surface area contributed by atoms with Gasteiger partial charge in [-0.25, -0.2) is 8.42 Å². The SMILES string of the molecule is COc1ccccc1N(C)S(=O)(=O)CCO. The number of nitrogens with zero attached hydrogens (tertiary/aromatic N) is 1. The summed E-state index contributed by atoms with van der Waals surface area (Å²) in [6.45, 7) is -0.401. The fourth-order valence-corrected chi connectivity index (χ4v) is 2.25. The lowest BCUT2D eigenvalue weighted by Gasteiger charge is -2.20. The first-order valence-electron chi connectivity index (χ1n) is 4.73. The van der Waals surface area contributed by atoms with Crippen molar-refractivity contribution in [1.29, 1.82) is 0 Å². The van der Waals surface area contributed by atoms with Crippen molar-refractivity contribution >= 4 is 15.7 Å². The summed E-state index contributed by atoms with van der Waals surface area (Å²) in [5.74, 6) is 0.174. The summed E-state index contributed by atoms with van der Waals surface area (Å²) in [6, 6.07) is 6.81. The standard InChI is InChI=1S/C10H15NO4S/c1-11(16(13,14)8-7-12)9-5-3-4-6-10(9)15-2/h3-6,12H,7-8H2,1-2H3. The van der Waals surface area contributed by atoms with Crippen LogP contribution < -0.4 is 9.04 Å². The highest BCUT2D eigenvalue weighted by atomic mass is 32.2. The molecule has 0 unspecified atom stereocenters. The maximum atomic E-state index is 11.7. The number of para-hydroxylation sites is 2. The van der Waals surface area contributed by atoms with Gasteiger partial charge < -0.3 is 9.84 Å². The minimum atomic E-state index is -3.49. The predicted molar refractivity (Wildman–Crippen MR) is 62.3 cm³/mol. The van der Waals surface area contributed by atoms with Gasteiger partial charge in [0.25, 0.3) is 0 Å². The van der Waals surface area contributed by atoms with Crippen LogP contribution in [-0.4, -0.2) is 40.0 Å². The Labute approximate surface area is 95.3 Å². The maximum Gasteiger partial charge on any atom is 0.237 e. The van der Waals surface area contributed by atoms with E-state index in [-0.39, 0.29) is 5.75 Å². The van der Waals surface area contributed by atoms with Gasteiger partial charge >= 0.3 is 0 Å². The van der Waals surface area contributed by atoms with E-state index in [1.54, 1.807) is 24.3 Å². The van der Waals surface area contributed by atoms with Gasteiger partial charge in [-0.3, -0.25) is 4.31 Å². The zero-order valence-corrected chi connectivity index (χ0v) is 10.1. The Morgan fingerprint density at radius 3 is 2.56 bits per heavy atom. The van der Waals surface area contributed by atoms with Crippen LogP contribution in [0.15, 0.2) is 24.3 Å². The van der Waals surface area contributed by atoms with E-state index >= 15 is 0 Å². The summed E-state index contributed by atoms with van der Waals surface area (Å²) in [5, 5.41) is 8.69. The van der Waals surface area contributed by atoms with Gasteiger partial charge in [0.1, 0.15) is 5.75 Å². The average Bonchev–Trinajstić information content (AvgIpc) is 2.28. The van der Waals surface area contributed by atoms with Crippen LogP contribution in [0, 0.1) is 0 Å². The van der Waals surface area contributed by atoms with Gasteiger partial charge in [-0.1, -0.05) is 12.1 Å². The Kier molecular flexibility index (Phi) is 4.14. The minimum Gasteiger partial charge on any atom is -0.495 e. The molecule has 0 heterocycles. The second-order valence-electron chi connectivity index (χ2n) is 3.18. The van der Waals surface area contributed by atoms with Crippen LogP contribution in [0.4, 0.5) is 5.69 Å². The lowest BCUT2D eigenvalue weighted by molar-refractivity contribution is 0.319. The summed E-state index contributed by atoms with van der Waals surface area (Å²) in [5.41, 5.74) is 0.457. The Bertz CT molecular complexity index is 444. The lowest BCUT2D eigenvalue weighted by Crippen LogP contribution is -2.30. The van der Waals surface area contributed by atoms with Gasteiger partial charge in [-0.15, -0.1) is 0 Å². The van der Waals surface area contributed by atoms with Crippen LogP contribution in [-0.2, 0) is 10.0 Å². The number of hydrogen-bond acceptors (Lipinski definition) is 4. The topological polar surface area (TPSA) is 66.8 Å². The van der Waals surface area contributed by atoms with Crippen LogP contribution in [0.25, 0.3) is 0 Å². The summed E-state index contributed by atoms with van der Waals surface area (Å²) >= 11 is 0. The van der Waals surface area contributed by atoms with E-state index in [1.807, 2.05) is 0 Å². The van der Waals surface area contributed by atoms with Gasteiger partial charge in [0.2, 0.25) is 10.0 Å². The molecule has 0 aliphatic heterocycles. The second kappa shape index (κ2) is 5.18. The van der Waals surface area contributed by atoms with Crippen LogP contribution >= 0.6 is 0 Å². The molecule has 0 saturated carbocycles. The summed E-state index contributed by atoms with van der Waals surface area (Å²) in [6.07, 6.45) is 0. The number of methoxy groups -OCH3 is 1. The van der Waals surface area contributed by atoms with Crippen molar-refractivity contribution in [2.24, 2.45) is 0 Å². The van der Waals surface area contributed by atoms with Crippen molar-refractivity contribution in [3.63, 3.8) is 0 Å². The monoisotopic (exact) mass is 245 g/mol. The molecule has 0 saturated heterocycles. The molecule has 1 aromatic carbocycles. The third-order valence-corrected chi connectivity index (χ3v) is 3.92. The van der Waals surface area contributed by atoms with Gasteiger partial charge in [-0.2, -0.15) is 0 Å². The molecule has 1 rings (SSSR count). The first-order valence-corrected chi connectivity index (χ1v) is 6.34. The number of rotatable bonds is 5. The number of anilines is 1. The van der Waals surface area contributed by atoms with Crippen LogP contribution in [0.3, 0.4) is 0 Å². The number of hydrogen-bond donors (Lipinski definition) is 1. The average molecular weight is 245 g/mol. The summed E-state index contributed by atoms with van der Waals surface area (Å²) in [7, 11) is -0.582. The molecule has 6 heteroatoms. The Morgan fingerprint density at radius 1 is 1.38 bits per heavy atom. The summed E-state index contributed by atoms with van der Waals surface area (Å²) in [4.78, 5) is 0. The van der Waals surface area contributed by atoms with Gasteiger partial charge in [0, 0.05) is 7.05 Å². The molecule has 0 amide bonds. The third-order valence-electron chi connectivity index (χ3n) is 2.19. The van der Waals surface area contributed by atoms with Gasteiger partial charge in [-0.05, 0) is 12.1 Å². The molecule has 90 valence electrons. The Hall–Kier alpha value is -1.27. The molecular formula is C10H15NO4S. The fourth-order valence-electron chi connectivity index (χ4n) is 1.29. The van der Waals surface area contributed by atoms with Crippen molar-refractivity contribution in [1.82, 2.24) is 0 Å². The van der Waals surface area contributed by atoms with Crippen molar-refractivity contribution in [2.75, 3.05) is 30.8 Å². The molecule has 1 aromatic rings.